The lowest BCUT2D eigenvalue weighted by atomic mass is 9.82. The average Bonchev–Trinajstić information content (AvgIpc) is 2.96. The quantitative estimate of drug-likeness (QED) is 0.380. The molecule has 2 unspecified atom stereocenters. The Hall–Kier alpha value is -1.15. The highest BCUT2D eigenvalue weighted by Crippen LogP contribution is 2.32. The largest absolute Gasteiger partial charge is 0.356 e. The highest BCUT2D eigenvalue weighted by Gasteiger charge is 2.28. The predicted octanol–water partition coefficient (Wildman–Crippen LogP) is 4.62. The number of nitrogens with one attached hydrogen (secondary N) is 1. The minimum atomic E-state index is 0. The number of hydrogen-bond acceptors (Lipinski definition) is 3. The molecule has 1 N–H and O–H groups in total. The van der Waals surface area contributed by atoms with Gasteiger partial charge in [0.2, 0.25) is 0 Å². The Kier molecular flexibility index (Phi) is 8.54. The lowest BCUT2D eigenvalue weighted by molar-refractivity contribution is 0.234. The molecule has 0 amide bonds. The predicted molar refractivity (Wildman–Crippen MR) is 127 cm³/mol. The standard InChI is InChI=1S/C21H30N4S.HI/c1-15-14-25(13-11-19(15)18-8-6-5-7-9-18)21(22-4)23-12-10-20-16(2)24-17(3)26-20;/h5-9,15,19H,10-14H2,1-4H3,(H,22,23);1H. The highest BCUT2D eigenvalue weighted by atomic mass is 127. The van der Waals surface area contributed by atoms with Crippen LogP contribution in [-0.4, -0.2) is 42.5 Å². The molecule has 27 heavy (non-hydrogen) atoms. The molecule has 1 fully saturated rings. The van der Waals surface area contributed by atoms with Gasteiger partial charge in [-0.05, 0) is 37.7 Å². The Morgan fingerprint density at radius 1 is 1.30 bits per heavy atom. The number of aliphatic imine (C=N–C) groups is 1. The van der Waals surface area contributed by atoms with Gasteiger partial charge in [-0.15, -0.1) is 35.3 Å². The maximum atomic E-state index is 4.52. The van der Waals surface area contributed by atoms with Crippen LogP contribution in [0.1, 0.15) is 40.4 Å². The monoisotopic (exact) mass is 498 g/mol. The number of aromatic nitrogens is 1. The van der Waals surface area contributed by atoms with Gasteiger partial charge in [0.15, 0.2) is 5.96 Å². The van der Waals surface area contributed by atoms with E-state index in [2.05, 4.69) is 71.3 Å². The molecule has 0 radical (unpaired) electrons. The van der Waals surface area contributed by atoms with E-state index in [-0.39, 0.29) is 24.0 Å². The van der Waals surface area contributed by atoms with Gasteiger partial charge >= 0.3 is 0 Å². The van der Waals surface area contributed by atoms with E-state index in [1.165, 1.54) is 22.6 Å². The first-order chi connectivity index (χ1) is 12.6. The molecule has 0 aliphatic carbocycles. The second-order valence-electron chi connectivity index (χ2n) is 7.19. The first kappa shape index (κ1) is 22.1. The van der Waals surface area contributed by atoms with E-state index < -0.39 is 0 Å². The van der Waals surface area contributed by atoms with E-state index in [1.54, 1.807) is 11.3 Å². The number of likely N-dealkylation sites (tertiary alicyclic amines) is 1. The Bertz CT molecular complexity index is 744. The van der Waals surface area contributed by atoms with Crippen molar-refractivity contribution in [3.8, 4) is 0 Å². The fraction of sp³-hybridized carbons (Fsp3) is 0.524. The summed E-state index contributed by atoms with van der Waals surface area (Å²) in [7, 11) is 1.89. The Morgan fingerprint density at radius 2 is 2.04 bits per heavy atom. The fourth-order valence-corrected chi connectivity index (χ4v) is 4.90. The number of rotatable bonds is 4. The summed E-state index contributed by atoms with van der Waals surface area (Å²) in [5.74, 6) is 2.30. The van der Waals surface area contributed by atoms with Crippen molar-refractivity contribution in [2.24, 2.45) is 10.9 Å². The summed E-state index contributed by atoms with van der Waals surface area (Å²) in [6, 6.07) is 10.9. The molecule has 2 heterocycles. The molecule has 0 saturated carbocycles. The number of halogens is 1. The number of aryl methyl sites for hydroxylation is 2. The molecule has 4 nitrogen and oxygen atoms in total. The Labute approximate surface area is 184 Å². The zero-order chi connectivity index (χ0) is 18.5. The van der Waals surface area contributed by atoms with Crippen LogP contribution in [0.25, 0.3) is 0 Å². The molecule has 1 aromatic carbocycles. The summed E-state index contributed by atoms with van der Waals surface area (Å²) in [5.41, 5.74) is 2.64. The van der Waals surface area contributed by atoms with Gasteiger partial charge in [-0.2, -0.15) is 0 Å². The number of benzene rings is 1. The molecule has 148 valence electrons. The van der Waals surface area contributed by atoms with Crippen LogP contribution in [0.15, 0.2) is 35.3 Å². The van der Waals surface area contributed by atoms with Crippen LogP contribution in [0.4, 0.5) is 0 Å². The van der Waals surface area contributed by atoms with E-state index in [0.717, 1.165) is 37.0 Å². The molecule has 2 aromatic rings. The topological polar surface area (TPSA) is 40.5 Å². The number of guanidine groups is 1. The summed E-state index contributed by atoms with van der Waals surface area (Å²) in [5, 5.41) is 4.71. The molecular formula is C21H31IN4S. The van der Waals surface area contributed by atoms with Crippen LogP contribution < -0.4 is 5.32 Å². The second-order valence-corrected chi connectivity index (χ2v) is 8.48. The maximum absolute atomic E-state index is 4.52. The fourth-order valence-electron chi connectivity index (χ4n) is 3.96. The van der Waals surface area contributed by atoms with Crippen molar-refractivity contribution < 1.29 is 0 Å². The summed E-state index contributed by atoms with van der Waals surface area (Å²) < 4.78 is 0. The van der Waals surface area contributed by atoms with E-state index >= 15 is 0 Å². The van der Waals surface area contributed by atoms with E-state index in [9.17, 15) is 0 Å². The molecule has 1 aromatic heterocycles. The van der Waals surface area contributed by atoms with E-state index in [1.807, 2.05) is 7.05 Å². The number of thiazole rings is 1. The third-order valence-corrected chi connectivity index (χ3v) is 6.41. The molecule has 0 spiro atoms. The third-order valence-electron chi connectivity index (χ3n) is 5.28. The van der Waals surface area contributed by atoms with Gasteiger partial charge in [0.1, 0.15) is 0 Å². The summed E-state index contributed by atoms with van der Waals surface area (Å²) in [4.78, 5) is 12.8. The normalized spacial score (nSPS) is 20.3. The minimum absolute atomic E-state index is 0. The van der Waals surface area contributed by atoms with Crippen LogP contribution in [0.3, 0.4) is 0 Å². The number of nitrogens with zero attached hydrogens (tertiary/aromatic N) is 3. The molecule has 0 bridgehead atoms. The van der Waals surface area contributed by atoms with Gasteiger partial charge < -0.3 is 10.2 Å². The zero-order valence-electron chi connectivity index (χ0n) is 16.7. The van der Waals surface area contributed by atoms with Gasteiger partial charge in [0, 0.05) is 38.0 Å². The highest BCUT2D eigenvalue weighted by molar-refractivity contribution is 14.0. The lowest BCUT2D eigenvalue weighted by Crippen LogP contribution is -2.48. The van der Waals surface area contributed by atoms with Crippen LogP contribution in [0.2, 0.25) is 0 Å². The van der Waals surface area contributed by atoms with Crippen molar-refractivity contribution in [1.29, 1.82) is 0 Å². The zero-order valence-corrected chi connectivity index (χ0v) is 19.9. The van der Waals surface area contributed by atoms with Gasteiger partial charge in [0.05, 0.1) is 10.7 Å². The van der Waals surface area contributed by atoms with Crippen LogP contribution in [0.5, 0.6) is 0 Å². The van der Waals surface area contributed by atoms with Crippen LogP contribution in [-0.2, 0) is 6.42 Å². The number of piperidine rings is 1. The van der Waals surface area contributed by atoms with Crippen molar-refractivity contribution in [3.05, 3.63) is 51.5 Å². The summed E-state index contributed by atoms with van der Waals surface area (Å²) in [6.45, 7) is 9.55. The maximum Gasteiger partial charge on any atom is 0.193 e. The Balaban J connectivity index is 0.00000261. The Morgan fingerprint density at radius 3 is 2.63 bits per heavy atom. The first-order valence-electron chi connectivity index (χ1n) is 9.52. The van der Waals surface area contributed by atoms with Gasteiger partial charge in [-0.3, -0.25) is 4.99 Å². The lowest BCUT2D eigenvalue weighted by Gasteiger charge is -2.39. The second kappa shape index (κ2) is 10.4. The van der Waals surface area contributed by atoms with Crippen LogP contribution >= 0.6 is 35.3 Å². The molecule has 1 aliphatic rings. The van der Waals surface area contributed by atoms with Crippen molar-refractivity contribution in [2.45, 2.75) is 39.5 Å². The van der Waals surface area contributed by atoms with Crippen molar-refractivity contribution in [2.75, 3.05) is 26.7 Å². The molecular weight excluding hydrogens is 467 g/mol. The van der Waals surface area contributed by atoms with E-state index in [4.69, 9.17) is 0 Å². The average molecular weight is 498 g/mol. The minimum Gasteiger partial charge on any atom is -0.356 e. The van der Waals surface area contributed by atoms with Crippen molar-refractivity contribution >= 4 is 41.3 Å². The van der Waals surface area contributed by atoms with E-state index in [0.29, 0.717) is 11.8 Å². The first-order valence-corrected chi connectivity index (χ1v) is 10.3. The third kappa shape index (κ3) is 5.67. The molecule has 3 rings (SSSR count). The van der Waals surface area contributed by atoms with Crippen molar-refractivity contribution in [3.63, 3.8) is 0 Å². The summed E-state index contributed by atoms with van der Waals surface area (Å²) in [6.07, 6.45) is 2.19. The van der Waals surface area contributed by atoms with Crippen LogP contribution in [0, 0.1) is 19.8 Å². The number of hydrogen-bond donors (Lipinski definition) is 1. The van der Waals surface area contributed by atoms with Gasteiger partial charge in [-0.1, -0.05) is 37.3 Å². The molecule has 1 aliphatic heterocycles. The molecule has 2 atom stereocenters. The molecule has 1 saturated heterocycles. The van der Waals surface area contributed by atoms with Gasteiger partial charge in [0.25, 0.3) is 0 Å². The SMILES string of the molecule is CN=C(NCCc1sc(C)nc1C)N1CCC(c2ccccc2)C(C)C1.I. The smallest absolute Gasteiger partial charge is 0.193 e. The van der Waals surface area contributed by atoms with Crippen molar-refractivity contribution in [1.82, 2.24) is 15.2 Å². The summed E-state index contributed by atoms with van der Waals surface area (Å²) >= 11 is 1.80. The van der Waals surface area contributed by atoms with Gasteiger partial charge in [-0.25, -0.2) is 4.98 Å². The molecule has 6 heteroatoms.